The van der Waals surface area contributed by atoms with Crippen molar-refractivity contribution in [2.45, 2.75) is 4.90 Å². The molecule has 0 aromatic heterocycles. The molecule has 0 saturated carbocycles. The van der Waals surface area contributed by atoms with Crippen molar-refractivity contribution < 1.29 is 13.9 Å². The van der Waals surface area contributed by atoms with Gasteiger partial charge in [-0.3, -0.25) is 9.27 Å². The average molecular weight is 219 g/mol. The van der Waals surface area contributed by atoms with E-state index in [0.29, 0.717) is 10.6 Å². The van der Waals surface area contributed by atoms with Gasteiger partial charge in [-0.2, -0.15) is 0 Å². The van der Waals surface area contributed by atoms with Crippen LogP contribution in [-0.4, -0.2) is 20.1 Å². The molecule has 1 unspecified atom stereocenters. The van der Waals surface area contributed by atoms with Crippen molar-refractivity contribution in [2.75, 3.05) is 11.0 Å². The smallest absolute Gasteiger partial charge is 0.259 e. The van der Waals surface area contributed by atoms with Gasteiger partial charge in [-0.25, -0.2) is 4.21 Å². The van der Waals surface area contributed by atoms with Gasteiger partial charge >= 0.3 is 0 Å². The molecule has 6 heteroatoms. The van der Waals surface area contributed by atoms with Crippen LogP contribution in [0.1, 0.15) is 0 Å². The number of hydrogen-bond donors (Lipinski definition) is 3. The molecule has 0 fully saturated rings. The number of rotatable bonds is 3. The van der Waals surface area contributed by atoms with Gasteiger partial charge in [0.2, 0.25) is 0 Å². The zero-order chi connectivity index (χ0) is 9.84. The minimum absolute atomic E-state index is 0.168. The second-order valence-electron chi connectivity index (χ2n) is 2.24. The molecule has 0 aliphatic carbocycles. The first kappa shape index (κ1) is 10.4. The number of anilines is 1. The van der Waals surface area contributed by atoms with Crippen LogP contribution in [0.5, 0.6) is 5.75 Å². The van der Waals surface area contributed by atoms with Crippen LogP contribution >= 0.6 is 11.8 Å². The van der Waals surface area contributed by atoms with Crippen molar-refractivity contribution in [3.8, 4) is 5.75 Å². The van der Waals surface area contributed by atoms with Crippen molar-refractivity contribution in [2.24, 2.45) is 0 Å². The van der Waals surface area contributed by atoms with Gasteiger partial charge < -0.3 is 5.11 Å². The molecule has 13 heavy (non-hydrogen) atoms. The fourth-order valence-electron chi connectivity index (χ4n) is 0.842. The molecule has 3 N–H and O–H groups in total. The summed E-state index contributed by atoms with van der Waals surface area (Å²) in [6, 6.07) is 4.61. The fourth-order valence-corrected chi connectivity index (χ4v) is 1.69. The predicted octanol–water partition coefficient (Wildman–Crippen LogP) is 1.66. The SMILES string of the molecule is CSc1cc(NS(=O)O)ccc1O. The van der Waals surface area contributed by atoms with Crippen LogP contribution in [0.25, 0.3) is 0 Å². The number of nitrogens with one attached hydrogen (secondary N) is 1. The summed E-state index contributed by atoms with van der Waals surface area (Å²) < 4.78 is 21.2. The summed E-state index contributed by atoms with van der Waals surface area (Å²) >= 11 is -0.708. The van der Waals surface area contributed by atoms with E-state index in [1.807, 2.05) is 6.26 Å². The molecule has 0 aliphatic rings. The van der Waals surface area contributed by atoms with Crippen LogP contribution in [0, 0.1) is 0 Å². The lowest BCUT2D eigenvalue weighted by molar-refractivity contribution is 0.462. The fraction of sp³-hybridized carbons (Fsp3) is 0.143. The van der Waals surface area contributed by atoms with Gasteiger partial charge in [0.05, 0.1) is 4.90 Å². The van der Waals surface area contributed by atoms with E-state index in [0.717, 1.165) is 0 Å². The molecular weight excluding hydrogens is 210 g/mol. The van der Waals surface area contributed by atoms with E-state index in [1.54, 1.807) is 6.07 Å². The summed E-state index contributed by atoms with van der Waals surface area (Å²) in [7, 11) is 0. The van der Waals surface area contributed by atoms with Gasteiger partial charge in [0.15, 0.2) is 0 Å². The zero-order valence-corrected chi connectivity index (χ0v) is 8.48. The van der Waals surface area contributed by atoms with Gasteiger partial charge in [-0.05, 0) is 24.5 Å². The van der Waals surface area contributed by atoms with E-state index < -0.39 is 11.3 Å². The van der Waals surface area contributed by atoms with Crippen LogP contribution in [0.15, 0.2) is 23.1 Å². The maximum absolute atomic E-state index is 10.4. The molecule has 0 saturated heterocycles. The quantitative estimate of drug-likeness (QED) is 0.411. The van der Waals surface area contributed by atoms with Crippen molar-refractivity contribution in [3.63, 3.8) is 0 Å². The molecule has 0 spiro atoms. The predicted molar refractivity (Wildman–Crippen MR) is 54.3 cm³/mol. The summed E-state index contributed by atoms with van der Waals surface area (Å²) in [6.45, 7) is 0. The second kappa shape index (κ2) is 4.50. The molecule has 0 radical (unpaired) electrons. The Morgan fingerprint density at radius 2 is 2.23 bits per heavy atom. The van der Waals surface area contributed by atoms with Crippen molar-refractivity contribution >= 4 is 28.7 Å². The number of aromatic hydroxyl groups is 1. The standard InChI is InChI=1S/C7H9NO3S2/c1-12-7-4-5(8-13(10)11)2-3-6(7)9/h2-4,8-9H,1H3,(H,10,11). The summed E-state index contributed by atoms with van der Waals surface area (Å²) in [5.74, 6) is 0.168. The number of phenolic OH excluding ortho intramolecular Hbond substituents is 1. The molecular formula is C7H9NO3S2. The lowest BCUT2D eigenvalue weighted by atomic mass is 10.3. The third-order valence-electron chi connectivity index (χ3n) is 1.38. The Balaban J connectivity index is 2.92. The molecule has 1 atom stereocenters. The van der Waals surface area contributed by atoms with Crippen LogP contribution in [-0.2, 0) is 11.3 Å². The highest BCUT2D eigenvalue weighted by Crippen LogP contribution is 2.29. The molecule has 0 bridgehead atoms. The molecule has 0 aliphatic heterocycles. The highest BCUT2D eigenvalue weighted by atomic mass is 32.2. The lowest BCUT2D eigenvalue weighted by Gasteiger charge is -2.04. The van der Waals surface area contributed by atoms with Gasteiger partial charge in [-0.15, -0.1) is 11.8 Å². The second-order valence-corrected chi connectivity index (χ2v) is 3.79. The molecule has 1 aromatic rings. The van der Waals surface area contributed by atoms with Crippen LogP contribution in [0.3, 0.4) is 0 Å². The average Bonchev–Trinajstić information content (AvgIpc) is 2.07. The molecule has 72 valence electrons. The first-order chi connectivity index (χ1) is 6.13. The Bertz CT molecular complexity index is 330. The zero-order valence-electron chi connectivity index (χ0n) is 6.85. The summed E-state index contributed by atoms with van der Waals surface area (Å²) in [5, 5.41) is 9.28. The first-order valence-electron chi connectivity index (χ1n) is 3.38. The largest absolute Gasteiger partial charge is 0.507 e. The topological polar surface area (TPSA) is 69.6 Å². The Morgan fingerprint density at radius 1 is 1.54 bits per heavy atom. The summed E-state index contributed by atoms with van der Waals surface area (Å²) in [5.41, 5.74) is 0.503. The minimum Gasteiger partial charge on any atom is -0.507 e. The van der Waals surface area contributed by atoms with Crippen LogP contribution in [0.4, 0.5) is 5.69 Å². The van der Waals surface area contributed by atoms with Gasteiger partial charge in [0.25, 0.3) is 11.3 Å². The Hall–Kier alpha value is -0.720. The minimum atomic E-state index is -2.07. The van der Waals surface area contributed by atoms with Crippen molar-refractivity contribution in [1.82, 2.24) is 0 Å². The summed E-state index contributed by atoms with van der Waals surface area (Å²) in [6.07, 6.45) is 1.81. The lowest BCUT2D eigenvalue weighted by Crippen LogP contribution is -2.01. The van der Waals surface area contributed by atoms with E-state index in [2.05, 4.69) is 4.72 Å². The molecule has 0 heterocycles. The molecule has 1 rings (SSSR count). The van der Waals surface area contributed by atoms with Crippen LogP contribution in [0.2, 0.25) is 0 Å². The highest BCUT2D eigenvalue weighted by molar-refractivity contribution is 7.98. The monoisotopic (exact) mass is 219 g/mol. The van der Waals surface area contributed by atoms with Crippen LogP contribution < -0.4 is 4.72 Å². The number of phenols is 1. The molecule has 0 amide bonds. The van der Waals surface area contributed by atoms with E-state index in [9.17, 15) is 9.32 Å². The third-order valence-corrected chi connectivity index (χ3v) is 2.56. The molecule has 1 aromatic carbocycles. The Kier molecular flexibility index (Phi) is 3.58. The first-order valence-corrected chi connectivity index (χ1v) is 5.71. The molecule has 4 nitrogen and oxygen atoms in total. The van der Waals surface area contributed by atoms with E-state index in [4.69, 9.17) is 4.55 Å². The summed E-state index contributed by atoms with van der Waals surface area (Å²) in [4.78, 5) is 0.662. The normalized spacial score (nSPS) is 12.5. The van der Waals surface area contributed by atoms with E-state index in [1.165, 1.54) is 23.9 Å². The third kappa shape index (κ3) is 2.91. The number of thioether (sulfide) groups is 1. The number of hydrogen-bond acceptors (Lipinski definition) is 3. The van der Waals surface area contributed by atoms with Crippen molar-refractivity contribution in [3.05, 3.63) is 18.2 Å². The van der Waals surface area contributed by atoms with Gasteiger partial charge in [0.1, 0.15) is 5.75 Å². The van der Waals surface area contributed by atoms with E-state index in [-0.39, 0.29) is 5.75 Å². The number of benzene rings is 1. The van der Waals surface area contributed by atoms with E-state index >= 15 is 0 Å². The van der Waals surface area contributed by atoms with Gasteiger partial charge in [-0.1, -0.05) is 0 Å². The maximum Gasteiger partial charge on any atom is 0.259 e. The maximum atomic E-state index is 10.4. The Morgan fingerprint density at radius 3 is 2.77 bits per heavy atom. The Labute approximate surface area is 82.8 Å². The van der Waals surface area contributed by atoms with Crippen molar-refractivity contribution in [1.29, 1.82) is 0 Å². The van der Waals surface area contributed by atoms with Gasteiger partial charge in [0, 0.05) is 5.69 Å². The highest BCUT2D eigenvalue weighted by Gasteiger charge is 2.02.